The van der Waals surface area contributed by atoms with Gasteiger partial charge < -0.3 is 11.1 Å². The first-order valence-electron chi connectivity index (χ1n) is 6.46. The highest BCUT2D eigenvalue weighted by atomic mass is 19.1. The number of aromatic nitrogens is 1. The molecule has 1 aromatic heterocycles. The van der Waals surface area contributed by atoms with Gasteiger partial charge in [0.05, 0.1) is 4.92 Å². The van der Waals surface area contributed by atoms with Gasteiger partial charge in [0.25, 0.3) is 5.69 Å². The Balaban J connectivity index is 1.86. The molecule has 0 unspecified atom stereocenters. The molecule has 3 N–H and O–H groups in total. The van der Waals surface area contributed by atoms with Gasteiger partial charge in [0.1, 0.15) is 17.8 Å². The molecule has 0 aliphatic rings. The molecule has 22 heavy (non-hydrogen) atoms. The van der Waals surface area contributed by atoms with Crippen LogP contribution in [-0.4, -0.2) is 22.4 Å². The number of hydrogen-bond donors (Lipinski definition) is 2. The van der Waals surface area contributed by atoms with E-state index in [1.165, 1.54) is 24.3 Å². The number of guanidine groups is 1. The van der Waals surface area contributed by atoms with Crippen LogP contribution in [0.5, 0.6) is 0 Å². The Bertz CT molecular complexity index is 671. The lowest BCUT2D eigenvalue weighted by molar-refractivity contribution is -0.385. The van der Waals surface area contributed by atoms with E-state index in [9.17, 15) is 14.5 Å². The molecule has 0 amide bonds. The zero-order chi connectivity index (χ0) is 15.9. The summed E-state index contributed by atoms with van der Waals surface area (Å²) in [4.78, 5) is 17.9. The SMILES string of the molecule is NC(=NCCc1ccc(F)cc1)Nc1ccc([N+](=O)[O-])cn1. The van der Waals surface area contributed by atoms with Gasteiger partial charge in [-0.2, -0.15) is 0 Å². The Morgan fingerprint density at radius 2 is 2.05 bits per heavy atom. The van der Waals surface area contributed by atoms with Crippen molar-refractivity contribution in [2.75, 3.05) is 11.9 Å². The predicted molar refractivity (Wildman–Crippen MR) is 81.1 cm³/mol. The number of benzene rings is 1. The highest BCUT2D eigenvalue weighted by molar-refractivity contribution is 5.91. The van der Waals surface area contributed by atoms with Gasteiger partial charge in [0.15, 0.2) is 5.96 Å². The summed E-state index contributed by atoms with van der Waals surface area (Å²) in [5, 5.41) is 13.2. The highest BCUT2D eigenvalue weighted by Crippen LogP contribution is 2.11. The third-order valence-corrected chi connectivity index (χ3v) is 2.81. The van der Waals surface area contributed by atoms with E-state index >= 15 is 0 Å². The first-order chi connectivity index (χ1) is 10.5. The van der Waals surface area contributed by atoms with Crippen molar-refractivity contribution in [2.24, 2.45) is 10.7 Å². The number of anilines is 1. The third kappa shape index (κ3) is 4.51. The molecular formula is C14H14FN5O2. The summed E-state index contributed by atoms with van der Waals surface area (Å²) >= 11 is 0. The van der Waals surface area contributed by atoms with E-state index in [0.717, 1.165) is 11.8 Å². The number of hydrogen-bond acceptors (Lipinski definition) is 4. The zero-order valence-corrected chi connectivity index (χ0v) is 11.6. The molecule has 1 aromatic carbocycles. The summed E-state index contributed by atoms with van der Waals surface area (Å²) in [6.45, 7) is 0.428. The second-order valence-electron chi connectivity index (χ2n) is 4.43. The molecule has 1 heterocycles. The minimum Gasteiger partial charge on any atom is -0.370 e. The van der Waals surface area contributed by atoms with Crippen molar-refractivity contribution in [3.63, 3.8) is 0 Å². The maximum absolute atomic E-state index is 12.8. The van der Waals surface area contributed by atoms with Gasteiger partial charge in [-0.1, -0.05) is 12.1 Å². The number of nitrogens with one attached hydrogen (secondary N) is 1. The summed E-state index contributed by atoms with van der Waals surface area (Å²) in [7, 11) is 0. The van der Waals surface area contributed by atoms with E-state index in [-0.39, 0.29) is 17.5 Å². The minimum absolute atomic E-state index is 0.0997. The zero-order valence-electron chi connectivity index (χ0n) is 11.6. The molecule has 0 fully saturated rings. The Hall–Kier alpha value is -3.03. The second-order valence-corrected chi connectivity index (χ2v) is 4.43. The Labute approximate surface area is 125 Å². The molecule has 0 aliphatic heterocycles. The number of halogens is 1. The highest BCUT2D eigenvalue weighted by Gasteiger charge is 2.05. The van der Waals surface area contributed by atoms with Gasteiger partial charge in [-0.15, -0.1) is 0 Å². The molecule has 0 saturated heterocycles. The van der Waals surface area contributed by atoms with E-state index in [4.69, 9.17) is 5.73 Å². The average molecular weight is 303 g/mol. The van der Waals surface area contributed by atoms with Crippen molar-refractivity contribution < 1.29 is 9.31 Å². The van der Waals surface area contributed by atoms with Crippen LogP contribution in [-0.2, 0) is 6.42 Å². The summed E-state index contributed by atoms with van der Waals surface area (Å²) in [6, 6.07) is 8.92. The molecule has 0 atom stereocenters. The Kier molecular flexibility index (Phi) is 4.97. The molecule has 0 spiro atoms. The maximum Gasteiger partial charge on any atom is 0.287 e. The van der Waals surface area contributed by atoms with Crippen molar-refractivity contribution >= 4 is 17.5 Å². The van der Waals surface area contributed by atoms with Crippen molar-refractivity contribution in [1.82, 2.24) is 4.98 Å². The van der Waals surface area contributed by atoms with E-state index in [2.05, 4.69) is 15.3 Å². The van der Waals surface area contributed by atoms with Crippen LogP contribution in [0.3, 0.4) is 0 Å². The lowest BCUT2D eigenvalue weighted by Crippen LogP contribution is -2.23. The quantitative estimate of drug-likeness (QED) is 0.381. The fourth-order valence-electron chi connectivity index (χ4n) is 1.70. The lowest BCUT2D eigenvalue weighted by Gasteiger charge is -2.04. The lowest BCUT2D eigenvalue weighted by atomic mass is 10.1. The molecule has 0 bridgehead atoms. The Morgan fingerprint density at radius 1 is 1.32 bits per heavy atom. The van der Waals surface area contributed by atoms with Crippen LogP contribution < -0.4 is 11.1 Å². The minimum atomic E-state index is -0.531. The van der Waals surface area contributed by atoms with Gasteiger partial charge in [-0.25, -0.2) is 9.37 Å². The van der Waals surface area contributed by atoms with Gasteiger partial charge in [-0.05, 0) is 30.2 Å². The molecule has 0 aliphatic carbocycles. The molecule has 0 radical (unpaired) electrons. The van der Waals surface area contributed by atoms with Gasteiger partial charge in [0.2, 0.25) is 0 Å². The summed E-state index contributed by atoms with van der Waals surface area (Å²) in [5.41, 5.74) is 6.55. The van der Waals surface area contributed by atoms with Gasteiger partial charge in [0, 0.05) is 12.6 Å². The fraction of sp³-hybridized carbons (Fsp3) is 0.143. The van der Waals surface area contributed by atoms with Crippen LogP contribution in [0.4, 0.5) is 15.9 Å². The topological polar surface area (TPSA) is 106 Å². The van der Waals surface area contributed by atoms with E-state index in [1.54, 1.807) is 12.1 Å². The molecular weight excluding hydrogens is 289 g/mol. The smallest absolute Gasteiger partial charge is 0.287 e. The molecule has 114 valence electrons. The largest absolute Gasteiger partial charge is 0.370 e. The number of nitrogens with two attached hydrogens (primary N) is 1. The molecule has 2 rings (SSSR count). The summed E-state index contributed by atoms with van der Waals surface area (Å²) < 4.78 is 12.8. The van der Waals surface area contributed by atoms with Crippen LogP contribution in [0.25, 0.3) is 0 Å². The second kappa shape index (κ2) is 7.11. The molecule has 0 saturated carbocycles. The van der Waals surface area contributed by atoms with Crippen LogP contribution in [0.2, 0.25) is 0 Å². The number of rotatable bonds is 5. The number of nitrogens with zero attached hydrogens (tertiary/aromatic N) is 3. The van der Waals surface area contributed by atoms with Crippen LogP contribution in [0, 0.1) is 15.9 Å². The summed E-state index contributed by atoms with van der Waals surface area (Å²) in [5.74, 6) is 0.245. The normalized spacial score (nSPS) is 11.2. The van der Waals surface area contributed by atoms with Crippen LogP contribution >= 0.6 is 0 Å². The predicted octanol–water partition coefficient (Wildman–Crippen LogP) is 2.10. The average Bonchev–Trinajstić information content (AvgIpc) is 2.50. The number of aliphatic imine (C=N–C) groups is 1. The van der Waals surface area contributed by atoms with Gasteiger partial charge in [-0.3, -0.25) is 15.1 Å². The van der Waals surface area contributed by atoms with Crippen molar-refractivity contribution in [3.8, 4) is 0 Å². The first-order valence-corrected chi connectivity index (χ1v) is 6.46. The van der Waals surface area contributed by atoms with Crippen molar-refractivity contribution in [3.05, 3.63) is 64.1 Å². The molecule has 7 nitrogen and oxygen atoms in total. The molecule has 8 heteroatoms. The van der Waals surface area contributed by atoms with E-state index < -0.39 is 4.92 Å². The number of pyridine rings is 1. The first kappa shape index (κ1) is 15.4. The Morgan fingerprint density at radius 3 is 2.64 bits per heavy atom. The fourth-order valence-corrected chi connectivity index (χ4v) is 1.70. The standard InChI is InChI=1S/C14H14FN5O2/c15-11-3-1-10(2-4-11)7-8-17-14(16)19-13-6-5-12(9-18-13)20(21)22/h1-6,9H,7-8H2,(H3,16,17,18,19). The van der Waals surface area contributed by atoms with Crippen LogP contribution in [0.15, 0.2) is 47.6 Å². The van der Waals surface area contributed by atoms with Crippen molar-refractivity contribution in [1.29, 1.82) is 0 Å². The van der Waals surface area contributed by atoms with Gasteiger partial charge >= 0.3 is 0 Å². The summed E-state index contributed by atoms with van der Waals surface area (Å²) in [6.07, 6.45) is 1.75. The van der Waals surface area contributed by atoms with Crippen molar-refractivity contribution in [2.45, 2.75) is 6.42 Å². The maximum atomic E-state index is 12.8. The van der Waals surface area contributed by atoms with Crippen LogP contribution in [0.1, 0.15) is 5.56 Å². The molecule has 2 aromatic rings. The number of nitro groups is 1. The third-order valence-electron chi connectivity index (χ3n) is 2.81. The monoisotopic (exact) mass is 303 g/mol. The van der Waals surface area contributed by atoms with E-state index in [1.807, 2.05) is 0 Å². The van der Waals surface area contributed by atoms with E-state index in [0.29, 0.717) is 18.8 Å².